The summed E-state index contributed by atoms with van der Waals surface area (Å²) in [5.41, 5.74) is -6.58. The Morgan fingerprint density at radius 2 is 1.16 bits per heavy atom. The molecule has 0 radical (unpaired) electrons. The summed E-state index contributed by atoms with van der Waals surface area (Å²) in [5.74, 6) is -2.15. The first-order chi connectivity index (χ1) is 17.3. The van der Waals surface area contributed by atoms with E-state index in [9.17, 15) is 19.2 Å². The van der Waals surface area contributed by atoms with Gasteiger partial charge >= 0.3 is 23.9 Å². The van der Waals surface area contributed by atoms with Crippen LogP contribution in [0.25, 0.3) is 0 Å². The molecule has 0 spiro atoms. The molecule has 2 aliphatic heterocycles. The van der Waals surface area contributed by atoms with E-state index in [1.54, 1.807) is 12.2 Å². The van der Waals surface area contributed by atoms with Gasteiger partial charge in [-0.05, 0) is 66.4 Å². The minimum absolute atomic E-state index is 0.350. The molecule has 5 rings (SSSR count). The number of fused-ring (bicyclic) bond motifs is 4. The average Bonchev–Trinajstić information content (AvgIpc) is 3.40. The van der Waals surface area contributed by atoms with E-state index in [1.807, 2.05) is 62.3 Å². The number of esters is 4. The minimum atomic E-state index is -1.43. The normalized spacial score (nSPS) is 43.8. The molecule has 9 nitrogen and oxygen atoms in total. The molecule has 210 valence electrons. The van der Waals surface area contributed by atoms with E-state index < -0.39 is 80.7 Å². The van der Waals surface area contributed by atoms with Gasteiger partial charge < -0.3 is 23.7 Å². The van der Waals surface area contributed by atoms with Gasteiger partial charge in [-0.2, -0.15) is 0 Å². The van der Waals surface area contributed by atoms with Crippen LogP contribution < -0.4 is 0 Å². The van der Waals surface area contributed by atoms with Crippen LogP contribution in [0.2, 0.25) is 0 Å². The summed E-state index contributed by atoms with van der Waals surface area (Å²) in [5, 5.41) is 0. The molecule has 0 amide bonds. The molecule has 4 fully saturated rings. The molecule has 0 aromatic heterocycles. The van der Waals surface area contributed by atoms with Crippen molar-refractivity contribution in [2.24, 2.45) is 21.7 Å². The molecule has 7 atom stereocenters. The van der Waals surface area contributed by atoms with Crippen molar-refractivity contribution in [3.63, 3.8) is 0 Å². The summed E-state index contributed by atoms with van der Waals surface area (Å²) in [6.07, 6.45) is 2.41. The number of carbonyl (C=O) groups excluding carboxylic acids is 4. The van der Waals surface area contributed by atoms with E-state index in [0.29, 0.717) is 25.7 Å². The highest BCUT2D eigenvalue weighted by Crippen LogP contribution is 2.67. The molecule has 4 bridgehead atoms. The lowest BCUT2D eigenvalue weighted by Crippen LogP contribution is -2.54. The summed E-state index contributed by atoms with van der Waals surface area (Å²) in [4.78, 5) is 52.9. The van der Waals surface area contributed by atoms with Crippen LogP contribution in [0.4, 0.5) is 0 Å². The molecule has 2 saturated heterocycles. The van der Waals surface area contributed by atoms with Gasteiger partial charge in [0.15, 0.2) is 12.2 Å². The highest BCUT2D eigenvalue weighted by molar-refractivity contribution is 5.95. The Balaban J connectivity index is 1.41. The molecule has 9 heteroatoms. The third-order valence-electron chi connectivity index (χ3n) is 10.9. The van der Waals surface area contributed by atoms with Crippen LogP contribution in [0, 0.1) is 21.7 Å². The molecule has 0 unspecified atom stereocenters. The molecule has 2 saturated carbocycles. The quantitative estimate of drug-likeness (QED) is 0.296. The molecule has 0 aromatic carbocycles. The first kappa shape index (κ1) is 27.2. The van der Waals surface area contributed by atoms with Gasteiger partial charge in [-0.15, -0.1) is 0 Å². The molecular weight excluding hydrogens is 492 g/mol. The summed E-state index contributed by atoms with van der Waals surface area (Å²) in [6, 6.07) is 0. The molecule has 3 aliphatic carbocycles. The Bertz CT molecular complexity index is 1150. The van der Waals surface area contributed by atoms with Crippen molar-refractivity contribution in [1.82, 2.24) is 0 Å². The molecule has 5 aliphatic rings. The molecule has 2 heterocycles. The summed E-state index contributed by atoms with van der Waals surface area (Å²) in [7, 11) is 0. The number of hydrogen-bond donors (Lipinski definition) is 0. The second-order valence-electron chi connectivity index (χ2n) is 14.2. The van der Waals surface area contributed by atoms with Crippen LogP contribution >= 0.6 is 0 Å². The van der Waals surface area contributed by atoms with Gasteiger partial charge in [0.05, 0.1) is 16.4 Å². The van der Waals surface area contributed by atoms with Crippen molar-refractivity contribution in [3.8, 4) is 0 Å². The fourth-order valence-electron chi connectivity index (χ4n) is 7.22. The van der Waals surface area contributed by atoms with E-state index in [-0.39, 0.29) is 0 Å². The van der Waals surface area contributed by atoms with Gasteiger partial charge in [0.2, 0.25) is 11.2 Å². The maximum absolute atomic E-state index is 13.8. The highest BCUT2D eigenvalue weighted by Gasteiger charge is 2.78. The summed E-state index contributed by atoms with van der Waals surface area (Å²) in [6.45, 7) is 16.7. The fraction of sp³-hybridized carbons (Fsp3) is 0.793. The van der Waals surface area contributed by atoms with E-state index in [1.165, 1.54) is 0 Å². The zero-order valence-electron chi connectivity index (χ0n) is 23.9. The molecule has 0 N–H and O–H groups in total. The van der Waals surface area contributed by atoms with Crippen molar-refractivity contribution in [3.05, 3.63) is 12.2 Å². The van der Waals surface area contributed by atoms with E-state index in [2.05, 4.69) is 0 Å². The van der Waals surface area contributed by atoms with E-state index >= 15 is 0 Å². The second-order valence-corrected chi connectivity index (χ2v) is 14.2. The molecule has 0 aromatic rings. The van der Waals surface area contributed by atoms with E-state index in [4.69, 9.17) is 23.7 Å². The van der Waals surface area contributed by atoms with Crippen LogP contribution in [0.5, 0.6) is 0 Å². The second kappa shape index (κ2) is 7.61. The Hall–Kier alpha value is -2.42. The third-order valence-corrected chi connectivity index (χ3v) is 10.9. The largest absolute Gasteiger partial charge is 0.452 e. The van der Waals surface area contributed by atoms with Gasteiger partial charge in [0.1, 0.15) is 6.10 Å². The zero-order valence-corrected chi connectivity index (χ0v) is 23.9. The highest BCUT2D eigenvalue weighted by atomic mass is 16.7. The van der Waals surface area contributed by atoms with Gasteiger partial charge in [-0.3, -0.25) is 9.59 Å². The topological polar surface area (TPSA) is 114 Å². The summed E-state index contributed by atoms with van der Waals surface area (Å²) >= 11 is 0. The molecular formula is C29H40O9. The zero-order chi connectivity index (χ0) is 28.3. The first-order valence-electron chi connectivity index (χ1n) is 13.5. The van der Waals surface area contributed by atoms with Crippen molar-refractivity contribution in [1.29, 1.82) is 0 Å². The minimum Gasteiger partial charge on any atom is -0.452 e. The monoisotopic (exact) mass is 532 g/mol. The standard InChI is InChI=1S/C29H40O9/c1-23(2,3)36-17-11-10-16(34-21(32)28-14-12-26(8,19(30)37-28)24(28,4)5)18(17)35-22(33)29-15-13-27(9,20(31)38-29)25(29,6)7/h10-11,16-18H,12-15H2,1-9H3/t16-,17+,18+,26-,27-,28+,29+/m1/s1. The Morgan fingerprint density at radius 1 is 0.737 bits per heavy atom. The SMILES string of the molecule is CC(C)(C)O[C@H]1C=C[C@@H](OC(=O)[C@]23CC[C@](C)(C(=O)O2)C3(C)C)[C@@H]1OC(=O)[C@]12CC[C@](C)(C(=O)O1)C2(C)C. The lowest BCUT2D eigenvalue weighted by atomic mass is 9.66. The fourth-order valence-corrected chi connectivity index (χ4v) is 7.22. The van der Waals surface area contributed by atoms with E-state index in [0.717, 1.165) is 0 Å². The predicted octanol–water partition coefficient (Wildman–Crippen LogP) is 3.81. The van der Waals surface area contributed by atoms with Gasteiger partial charge in [0, 0.05) is 10.8 Å². The van der Waals surface area contributed by atoms with Crippen LogP contribution in [0.3, 0.4) is 0 Å². The first-order valence-corrected chi connectivity index (χ1v) is 13.5. The Labute approximate surface area is 223 Å². The molecule has 38 heavy (non-hydrogen) atoms. The Kier molecular flexibility index (Phi) is 5.44. The van der Waals surface area contributed by atoms with Crippen LogP contribution in [0.1, 0.15) is 88.0 Å². The van der Waals surface area contributed by atoms with Crippen LogP contribution in [-0.4, -0.2) is 59.0 Å². The average molecular weight is 533 g/mol. The smallest absolute Gasteiger partial charge is 0.351 e. The van der Waals surface area contributed by atoms with Crippen molar-refractivity contribution >= 4 is 23.9 Å². The maximum atomic E-state index is 13.8. The van der Waals surface area contributed by atoms with Gasteiger partial charge in [-0.1, -0.05) is 33.8 Å². The van der Waals surface area contributed by atoms with Gasteiger partial charge in [0.25, 0.3) is 0 Å². The van der Waals surface area contributed by atoms with Crippen molar-refractivity contribution in [2.45, 2.75) is 123 Å². The van der Waals surface area contributed by atoms with Crippen molar-refractivity contribution in [2.75, 3.05) is 0 Å². The maximum Gasteiger partial charge on any atom is 0.351 e. The lowest BCUT2D eigenvalue weighted by Gasteiger charge is -2.38. The summed E-state index contributed by atoms with van der Waals surface area (Å²) < 4.78 is 29.6. The van der Waals surface area contributed by atoms with Crippen LogP contribution in [-0.2, 0) is 42.9 Å². The van der Waals surface area contributed by atoms with Crippen LogP contribution in [0.15, 0.2) is 12.2 Å². The number of ether oxygens (including phenoxy) is 5. The third kappa shape index (κ3) is 3.08. The van der Waals surface area contributed by atoms with Gasteiger partial charge in [-0.25, -0.2) is 9.59 Å². The predicted molar refractivity (Wildman–Crippen MR) is 133 cm³/mol. The lowest BCUT2D eigenvalue weighted by molar-refractivity contribution is -0.206. The number of rotatable bonds is 5. The van der Waals surface area contributed by atoms with Crippen molar-refractivity contribution < 1.29 is 42.9 Å². The Morgan fingerprint density at radius 3 is 1.53 bits per heavy atom. The number of hydrogen-bond acceptors (Lipinski definition) is 9. The number of carbonyl (C=O) groups is 4.